The van der Waals surface area contributed by atoms with E-state index >= 15 is 0 Å². The smallest absolute Gasteiger partial charge is 0.325 e. The van der Waals surface area contributed by atoms with Crippen LogP contribution in [0.3, 0.4) is 0 Å². The molecular weight excluding hydrogens is 386 g/mol. The van der Waals surface area contributed by atoms with Crippen molar-refractivity contribution in [3.05, 3.63) is 54.3 Å². The number of benzene rings is 2. The van der Waals surface area contributed by atoms with Crippen molar-refractivity contribution in [3.8, 4) is 22.6 Å². The molecule has 156 valence electrons. The number of hydrogen-bond donors (Lipinski definition) is 2. The molecule has 1 unspecified atom stereocenters. The van der Waals surface area contributed by atoms with Gasteiger partial charge < -0.3 is 24.3 Å². The SMILES string of the molecule is COc1cc2occ(-c3ccccc3OC)c2cc1/C(C)=C/C(=O)NC(C)C(=O)O. The van der Waals surface area contributed by atoms with Gasteiger partial charge in [-0.05, 0) is 31.6 Å². The van der Waals surface area contributed by atoms with E-state index in [1.165, 1.54) is 20.1 Å². The van der Waals surface area contributed by atoms with Crippen molar-refractivity contribution in [2.45, 2.75) is 19.9 Å². The fraction of sp³-hybridized carbons (Fsp3) is 0.217. The van der Waals surface area contributed by atoms with Gasteiger partial charge in [-0.15, -0.1) is 0 Å². The zero-order valence-corrected chi connectivity index (χ0v) is 17.2. The first-order chi connectivity index (χ1) is 14.3. The number of fused-ring (bicyclic) bond motifs is 1. The van der Waals surface area contributed by atoms with Gasteiger partial charge in [-0.25, -0.2) is 0 Å². The van der Waals surface area contributed by atoms with Gasteiger partial charge in [-0.1, -0.05) is 18.2 Å². The van der Waals surface area contributed by atoms with Crippen molar-refractivity contribution < 1.29 is 28.6 Å². The minimum Gasteiger partial charge on any atom is -0.496 e. The lowest BCUT2D eigenvalue weighted by Crippen LogP contribution is -2.37. The third-order valence-corrected chi connectivity index (χ3v) is 4.79. The minimum absolute atomic E-state index is 0.498. The number of para-hydroxylation sites is 1. The van der Waals surface area contributed by atoms with Gasteiger partial charge in [0.05, 0.1) is 20.5 Å². The van der Waals surface area contributed by atoms with E-state index in [2.05, 4.69) is 5.32 Å². The van der Waals surface area contributed by atoms with E-state index in [9.17, 15) is 9.59 Å². The summed E-state index contributed by atoms with van der Waals surface area (Å²) < 4.78 is 16.7. The second-order valence-electron chi connectivity index (χ2n) is 6.79. The average Bonchev–Trinajstić information content (AvgIpc) is 3.15. The van der Waals surface area contributed by atoms with Gasteiger partial charge in [0.25, 0.3) is 0 Å². The number of furan rings is 1. The number of carbonyl (C=O) groups excluding carboxylic acids is 1. The van der Waals surface area contributed by atoms with Crippen molar-refractivity contribution >= 4 is 28.4 Å². The number of methoxy groups -OCH3 is 2. The molecule has 7 nitrogen and oxygen atoms in total. The zero-order chi connectivity index (χ0) is 21.8. The number of hydrogen-bond acceptors (Lipinski definition) is 5. The molecule has 0 aliphatic rings. The Morgan fingerprint density at radius 1 is 1.10 bits per heavy atom. The van der Waals surface area contributed by atoms with Gasteiger partial charge in [0.1, 0.15) is 23.1 Å². The van der Waals surface area contributed by atoms with Crippen LogP contribution in [0.5, 0.6) is 11.5 Å². The number of nitrogens with one attached hydrogen (secondary N) is 1. The summed E-state index contributed by atoms with van der Waals surface area (Å²) in [5, 5.41) is 12.2. The predicted octanol–water partition coefficient (Wildman–Crippen LogP) is 4.11. The summed E-state index contributed by atoms with van der Waals surface area (Å²) in [6.07, 6.45) is 3.01. The summed E-state index contributed by atoms with van der Waals surface area (Å²) in [5.74, 6) is -0.349. The number of carboxylic acid groups (broad SMARTS) is 1. The zero-order valence-electron chi connectivity index (χ0n) is 17.2. The summed E-state index contributed by atoms with van der Waals surface area (Å²) in [6, 6.07) is 10.3. The van der Waals surface area contributed by atoms with E-state index in [-0.39, 0.29) is 0 Å². The second-order valence-corrected chi connectivity index (χ2v) is 6.79. The largest absolute Gasteiger partial charge is 0.496 e. The van der Waals surface area contributed by atoms with Crippen LogP contribution in [0.4, 0.5) is 0 Å². The fourth-order valence-corrected chi connectivity index (χ4v) is 3.20. The molecule has 1 aromatic heterocycles. The topological polar surface area (TPSA) is 98.0 Å². The van der Waals surface area contributed by atoms with E-state index in [0.29, 0.717) is 28.2 Å². The molecular formula is C23H23NO6. The highest BCUT2D eigenvalue weighted by atomic mass is 16.5. The summed E-state index contributed by atoms with van der Waals surface area (Å²) in [4.78, 5) is 23.2. The molecule has 1 amide bonds. The summed E-state index contributed by atoms with van der Waals surface area (Å²) >= 11 is 0. The Morgan fingerprint density at radius 3 is 2.47 bits per heavy atom. The Labute approximate surface area is 173 Å². The Bertz CT molecular complexity index is 1130. The van der Waals surface area contributed by atoms with Crippen LogP contribution in [-0.2, 0) is 9.59 Å². The maximum Gasteiger partial charge on any atom is 0.325 e. The Morgan fingerprint density at radius 2 is 1.80 bits per heavy atom. The van der Waals surface area contributed by atoms with Gasteiger partial charge in [-0.3, -0.25) is 9.59 Å². The van der Waals surface area contributed by atoms with Crippen molar-refractivity contribution in [2.24, 2.45) is 0 Å². The Balaban J connectivity index is 2.07. The molecule has 0 bridgehead atoms. The van der Waals surface area contributed by atoms with Crippen LogP contribution in [0.1, 0.15) is 19.4 Å². The van der Waals surface area contributed by atoms with E-state index in [1.54, 1.807) is 26.4 Å². The number of carbonyl (C=O) groups is 2. The van der Waals surface area contributed by atoms with Crippen molar-refractivity contribution in [1.29, 1.82) is 0 Å². The first kappa shape index (κ1) is 21.0. The first-order valence-corrected chi connectivity index (χ1v) is 9.30. The number of amides is 1. The quantitative estimate of drug-likeness (QED) is 0.570. The highest BCUT2D eigenvalue weighted by Gasteiger charge is 2.18. The van der Waals surface area contributed by atoms with E-state index in [0.717, 1.165) is 16.5 Å². The molecule has 0 saturated carbocycles. The van der Waals surface area contributed by atoms with Crippen LogP contribution >= 0.6 is 0 Å². The van der Waals surface area contributed by atoms with E-state index in [4.69, 9.17) is 19.0 Å². The summed E-state index contributed by atoms with van der Waals surface area (Å²) in [7, 11) is 3.15. The molecule has 7 heteroatoms. The molecule has 1 atom stereocenters. The first-order valence-electron chi connectivity index (χ1n) is 9.30. The average molecular weight is 409 g/mol. The monoisotopic (exact) mass is 409 g/mol. The molecule has 0 aliphatic heterocycles. The van der Waals surface area contributed by atoms with Gasteiger partial charge in [-0.2, -0.15) is 0 Å². The third kappa shape index (κ3) is 4.15. The maximum atomic E-state index is 12.2. The molecule has 0 radical (unpaired) electrons. The number of rotatable bonds is 7. The van der Waals surface area contributed by atoms with Gasteiger partial charge in [0.15, 0.2) is 0 Å². The number of allylic oxidation sites excluding steroid dienone is 1. The molecule has 0 spiro atoms. The van der Waals surface area contributed by atoms with E-state index < -0.39 is 17.9 Å². The standard InChI is InChI=1S/C23H23NO6/c1-13(9-22(25)24-14(2)23(26)27)16-10-17-18(12-30-21(17)11-20(16)29-4)15-7-5-6-8-19(15)28-3/h5-12,14H,1-4H3,(H,24,25)(H,26,27)/b13-9+. The van der Waals surface area contributed by atoms with Crippen LogP contribution in [0, 0.1) is 0 Å². The van der Waals surface area contributed by atoms with Crippen molar-refractivity contribution in [2.75, 3.05) is 14.2 Å². The maximum absolute atomic E-state index is 12.2. The molecule has 3 aromatic rings. The van der Waals surface area contributed by atoms with Crippen LogP contribution < -0.4 is 14.8 Å². The number of carboxylic acids is 1. The molecule has 0 aliphatic carbocycles. The number of ether oxygens (including phenoxy) is 2. The van der Waals surface area contributed by atoms with Crippen LogP contribution in [0.2, 0.25) is 0 Å². The van der Waals surface area contributed by atoms with Gasteiger partial charge in [0, 0.05) is 34.2 Å². The summed E-state index contributed by atoms with van der Waals surface area (Å²) in [5.41, 5.74) is 3.68. The van der Waals surface area contributed by atoms with Crippen molar-refractivity contribution in [1.82, 2.24) is 5.32 Å². The van der Waals surface area contributed by atoms with E-state index in [1.807, 2.05) is 30.3 Å². The van der Waals surface area contributed by atoms with Gasteiger partial charge in [0.2, 0.25) is 5.91 Å². The normalized spacial score (nSPS) is 12.5. The third-order valence-electron chi connectivity index (χ3n) is 4.79. The second kappa shape index (κ2) is 8.73. The van der Waals surface area contributed by atoms with Crippen LogP contribution in [0.25, 0.3) is 27.7 Å². The fourth-order valence-electron chi connectivity index (χ4n) is 3.20. The molecule has 30 heavy (non-hydrogen) atoms. The van der Waals surface area contributed by atoms with Crippen molar-refractivity contribution in [3.63, 3.8) is 0 Å². The lowest BCUT2D eigenvalue weighted by Gasteiger charge is -2.12. The molecule has 3 rings (SSSR count). The van der Waals surface area contributed by atoms with Crippen LogP contribution in [-0.4, -0.2) is 37.2 Å². The molecule has 2 aromatic carbocycles. The van der Waals surface area contributed by atoms with Gasteiger partial charge >= 0.3 is 5.97 Å². The molecule has 0 saturated heterocycles. The highest BCUT2D eigenvalue weighted by molar-refractivity contribution is 6.01. The summed E-state index contributed by atoms with van der Waals surface area (Å²) in [6.45, 7) is 3.17. The predicted molar refractivity (Wildman–Crippen MR) is 114 cm³/mol. The molecule has 2 N–H and O–H groups in total. The minimum atomic E-state index is -1.10. The Hall–Kier alpha value is -3.74. The Kier molecular flexibility index (Phi) is 6.11. The molecule has 1 heterocycles. The van der Waals surface area contributed by atoms with Crippen LogP contribution in [0.15, 0.2) is 53.2 Å². The number of aliphatic carboxylic acids is 1. The molecule has 0 fully saturated rings. The lowest BCUT2D eigenvalue weighted by molar-refractivity contribution is -0.140. The highest BCUT2D eigenvalue weighted by Crippen LogP contribution is 2.40. The lowest BCUT2D eigenvalue weighted by atomic mass is 9.98.